The minimum atomic E-state index is -0.177. The molecule has 140 valence electrons. The number of thioether (sulfide) groups is 1. The Bertz CT molecular complexity index is 919. The Balaban J connectivity index is 1.96. The standard InChI is InChI=1S/C19H15Cl3N2O2S/c1-2-7-24-18(26)16(10-11-8-14(21)17(25)15(22)9-11)27-19(24)23-13-5-3-12(20)4-6-13/h3-6,8-10,25H,2,7H2,1H3/b16-10-,23-19?. The van der Waals surface area contributed by atoms with E-state index in [0.29, 0.717) is 32.9 Å². The van der Waals surface area contributed by atoms with Gasteiger partial charge in [-0.25, -0.2) is 4.99 Å². The Morgan fingerprint density at radius 2 is 1.78 bits per heavy atom. The van der Waals surface area contributed by atoms with Crippen LogP contribution < -0.4 is 0 Å². The summed E-state index contributed by atoms with van der Waals surface area (Å²) in [5, 5.41) is 11.2. The third-order valence-electron chi connectivity index (χ3n) is 3.72. The van der Waals surface area contributed by atoms with Crippen molar-refractivity contribution in [1.29, 1.82) is 0 Å². The Morgan fingerprint density at radius 3 is 2.37 bits per heavy atom. The van der Waals surface area contributed by atoms with Crippen LogP contribution in [0, 0.1) is 0 Å². The smallest absolute Gasteiger partial charge is 0.266 e. The topological polar surface area (TPSA) is 52.9 Å². The van der Waals surface area contributed by atoms with Crippen LogP contribution in [0.5, 0.6) is 5.75 Å². The van der Waals surface area contributed by atoms with Crippen molar-refractivity contribution in [2.45, 2.75) is 13.3 Å². The van der Waals surface area contributed by atoms with E-state index in [1.807, 2.05) is 6.92 Å². The van der Waals surface area contributed by atoms with E-state index in [0.717, 1.165) is 6.42 Å². The van der Waals surface area contributed by atoms with Crippen LogP contribution in [-0.2, 0) is 4.79 Å². The molecule has 0 radical (unpaired) electrons. The summed E-state index contributed by atoms with van der Waals surface area (Å²) < 4.78 is 0. The number of hydrogen-bond acceptors (Lipinski definition) is 4. The maximum atomic E-state index is 12.8. The number of phenolic OH excluding ortho intramolecular Hbond substituents is 1. The normalized spacial score (nSPS) is 17.3. The fourth-order valence-corrected chi connectivity index (χ4v) is 4.11. The molecule has 0 bridgehead atoms. The largest absolute Gasteiger partial charge is 0.505 e. The number of carbonyl (C=O) groups excluding carboxylic acids is 1. The predicted octanol–water partition coefficient (Wildman–Crippen LogP) is 6.37. The van der Waals surface area contributed by atoms with Crippen LogP contribution in [0.1, 0.15) is 18.9 Å². The van der Waals surface area contributed by atoms with E-state index in [2.05, 4.69) is 4.99 Å². The third kappa shape index (κ3) is 4.61. The second-order valence-electron chi connectivity index (χ2n) is 5.77. The minimum Gasteiger partial charge on any atom is -0.505 e. The first-order valence-corrected chi connectivity index (χ1v) is 10.1. The minimum absolute atomic E-state index is 0.130. The van der Waals surface area contributed by atoms with Crippen molar-refractivity contribution in [2.75, 3.05) is 6.54 Å². The molecular weight excluding hydrogens is 427 g/mol. The molecule has 1 saturated heterocycles. The molecule has 1 N–H and O–H groups in total. The Morgan fingerprint density at radius 1 is 1.15 bits per heavy atom. The van der Waals surface area contributed by atoms with Crippen molar-refractivity contribution < 1.29 is 9.90 Å². The molecule has 1 aliphatic heterocycles. The lowest BCUT2D eigenvalue weighted by atomic mass is 10.2. The van der Waals surface area contributed by atoms with Gasteiger partial charge in [0.1, 0.15) is 0 Å². The zero-order valence-corrected chi connectivity index (χ0v) is 17.3. The number of amides is 1. The SMILES string of the molecule is CCCN1C(=O)/C(=C/c2cc(Cl)c(O)c(Cl)c2)SC1=Nc1ccc(Cl)cc1. The van der Waals surface area contributed by atoms with Crippen LogP contribution in [0.3, 0.4) is 0 Å². The molecule has 1 fully saturated rings. The van der Waals surface area contributed by atoms with Crippen molar-refractivity contribution in [3.8, 4) is 5.75 Å². The molecule has 0 saturated carbocycles. The molecule has 27 heavy (non-hydrogen) atoms. The predicted molar refractivity (Wildman–Crippen MR) is 114 cm³/mol. The molecular formula is C19H15Cl3N2O2S. The van der Waals surface area contributed by atoms with E-state index in [-0.39, 0.29) is 21.7 Å². The summed E-state index contributed by atoms with van der Waals surface area (Å²) in [6.07, 6.45) is 2.49. The molecule has 3 rings (SSSR count). The van der Waals surface area contributed by atoms with Crippen LogP contribution >= 0.6 is 46.6 Å². The fraction of sp³-hybridized carbons (Fsp3) is 0.158. The van der Waals surface area contributed by atoms with Crippen LogP contribution in [-0.4, -0.2) is 27.6 Å². The van der Waals surface area contributed by atoms with Gasteiger partial charge in [0.15, 0.2) is 10.9 Å². The summed E-state index contributed by atoms with van der Waals surface area (Å²) in [6.45, 7) is 2.56. The molecule has 0 atom stereocenters. The highest BCUT2D eigenvalue weighted by atomic mass is 35.5. The highest BCUT2D eigenvalue weighted by Crippen LogP contribution is 2.37. The van der Waals surface area contributed by atoms with Gasteiger partial charge in [-0.15, -0.1) is 0 Å². The van der Waals surface area contributed by atoms with Gasteiger partial charge in [0.25, 0.3) is 5.91 Å². The molecule has 1 heterocycles. The Hall–Kier alpha value is -1.66. The second kappa shape index (κ2) is 8.57. The van der Waals surface area contributed by atoms with E-state index in [1.54, 1.807) is 47.4 Å². The Kier molecular flexibility index (Phi) is 6.37. The Labute approximate surface area is 176 Å². The molecule has 0 unspecified atom stereocenters. The van der Waals surface area contributed by atoms with Crippen LogP contribution in [0.4, 0.5) is 5.69 Å². The molecule has 1 amide bonds. The number of aromatic hydroxyl groups is 1. The molecule has 2 aromatic carbocycles. The van der Waals surface area contributed by atoms with Crippen LogP contribution in [0.25, 0.3) is 6.08 Å². The van der Waals surface area contributed by atoms with Gasteiger partial charge in [0, 0.05) is 11.6 Å². The quantitative estimate of drug-likeness (QED) is 0.561. The number of phenols is 1. The maximum Gasteiger partial charge on any atom is 0.266 e. The second-order valence-corrected chi connectivity index (χ2v) is 8.03. The van der Waals surface area contributed by atoms with Gasteiger partial charge in [-0.2, -0.15) is 0 Å². The lowest BCUT2D eigenvalue weighted by Crippen LogP contribution is -2.29. The van der Waals surface area contributed by atoms with Gasteiger partial charge in [-0.3, -0.25) is 9.69 Å². The summed E-state index contributed by atoms with van der Waals surface area (Å²) >= 11 is 19.1. The highest BCUT2D eigenvalue weighted by molar-refractivity contribution is 8.18. The summed E-state index contributed by atoms with van der Waals surface area (Å²) in [7, 11) is 0. The number of rotatable bonds is 4. The zero-order chi connectivity index (χ0) is 19.6. The number of halogens is 3. The van der Waals surface area contributed by atoms with Gasteiger partial charge < -0.3 is 5.11 Å². The first-order chi connectivity index (χ1) is 12.9. The summed E-state index contributed by atoms with van der Waals surface area (Å²) in [6, 6.07) is 10.2. The van der Waals surface area contributed by atoms with Crippen molar-refractivity contribution in [1.82, 2.24) is 4.90 Å². The molecule has 4 nitrogen and oxygen atoms in total. The van der Waals surface area contributed by atoms with E-state index in [1.165, 1.54) is 11.8 Å². The number of aliphatic imine (C=N–C) groups is 1. The lowest BCUT2D eigenvalue weighted by molar-refractivity contribution is -0.122. The van der Waals surface area contributed by atoms with Gasteiger partial charge in [0.05, 0.1) is 20.6 Å². The first-order valence-electron chi connectivity index (χ1n) is 8.12. The summed E-state index contributed by atoms with van der Waals surface area (Å²) in [5.74, 6) is -0.307. The third-order valence-corrected chi connectivity index (χ3v) is 5.56. The van der Waals surface area contributed by atoms with Gasteiger partial charge in [-0.05, 0) is 66.2 Å². The number of hydrogen-bond donors (Lipinski definition) is 1. The maximum absolute atomic E-state index is 12.8. The van der Waals surface area contributed by atoms with E-state index in [4.69, 9.17) is 34.8 Å². The zero-order valence-electron chi connectivity index (χ0n) is 14.2. The number of amidine groups is 1. The lowest BCUT2D eigenvalue weighted by Gasteiger charge is -2.13. The monoisotopic (exact) mass is 440 g/mol. The first kappa shape index (κ1) is 20.1. The van der Waals surface area contributed by atoms with Gasteiger partial charge in [0.2, 0.25) is 0 Å². The average molecular weight is 442 g/mol. The van der Waals surface area contributed by atoms with Crippen LogP contribution in [0.2, 0.25) is 15.1 Å². The van der Waals surface area contributed by atoms with Crippen molar-refractivity contribution in [3.05, 3.63) is 61.9 Å². The van der Waals surface area contributed by atoms with Gasteiger partial charge >= 0.3 is 0 Å². The average Bonchev–Trinajstić information content (AvgIpc) is 2.91. The van der Waals surface area contributed by atoms with Crippen molar-refractivity contribution in [3.63, 3.8) is 0 Å². The number of carbonyl (C=O) groups is 1. The molecule has 2 aromatic rings. The summed E-state index contributed by atoms with van der Waals surface area (Å²) in [5.41, 5.74) is 1.34. The fourth-order valence-electron chi connectivity index (χ4n) is 2.46. The molecule has 0 aromatic heterocycles. The van der Waals surface area contributed by atoms with Crippen molar-refractivity contribution in [2.24, 2.45) is 4.99 Å². The van der Waals surface area contributed by atoms with Crippen molar-refractivity contribution >= 4 is 69.4 Å². The molecule has 0 aliphatic carbocycles. The molecule has 0 spiro atoms. The number of benzene rings is 2. The summed E-state index contributed by atoms with van der Waals surface area (Å²) in [4.78, 5) is 19.6. The van der Waals surface area contributed by atoms with E-state index >= 15 is 0 Å². The van der Waals surface area contributed by atoms with Gasteiger partial charge in [-0.1, -0.05) is 41.7 Å². The molecule has 8 heteroatoms. The van der Waals surface area contributed by atoms with E-state index in [9.17, 15) is 9.90 Å². The van der Waals surface area contributed by atoms with E-state index < -0.39 is 0 Å². The number of nitrogens with zero attached hydrogens (tertiary/aromatic N) is 2. The highest BCUT2D eigenvalue weighted by Gasteiger charge is 2.32. The molecule has 1 aliphatic rings. The van der Waals surface area contributed by atoms with Crippen LogP contribution in [0.15, 0.2) is 46.3 Å².